The number of alkyl halides is 3. The predicted octanol–water partition coefficient (Wildman–Crippen LogP) is 12.2. The van der Waals surface area contributed by atoms with E-state index in [0.29, 0.717) is 81.3 Å². The van der Waals surface area contributed by atoms with E-state index >= 15 is 0 Å². The highest BCUT2D eigenvalue weighted by molar-refractivity contribution is 5.82. The van der Waals surface area contributed by atoms with Crippen LogP contribution >= 0.6 is 0 Å². The summed E-state index contributed by atoms with van der Waals surface area (Å²) < 4.78 is 41.9. The van der Waals surface area contributed by atoms with E-state index in [4.69, 9.17) is 21.4 Å². The Kier molecular flexibility index (Phi) is 26.0. The van der Waals surface area contributed by atoms with Crippen LogP contribution in [0.4, 0.5) is 13.2 Å². The number of likely N-dealkylation sites (N-methyl/N-ethyl adjacent to an activating group) is 2. The second-order valence-corrected chi connectivity index (χ2v) is 27.7. The maximum Gasteiger partial charge on any atom is 0.248 e. The Labute approximate surface area is 527 Å². The molecule has 484 valence electrons. The van der Waals surface area contributed by atoms with Gasteiger partial charge in [0.2, 0.25) is 5.92 Å². The summed E-state index contributed by atoms with van der Waals surface area (Å²) in [5.74, 6) is -1.99. The fourth-order valence-corrected chi connectivity index (χ4v) is 15.5. The fourth-order valence-electron chi connectivity index (χ4n) is 15.5. The van der Waals surface area contributed by atoms with E-state index in [1.54, 1.807) is 6.92 Å². The van der Waals surface area contributed by atoms with E-state index in [9.17, 15) is 22.8 Å². The van der Waals surface area contributed by atoms with Crippen molar-refractivity contribution in [3.8, 4) is 0 Å². The zero-order chi connectivity index (χ0) is 61.9. The molecule has 2 aliphatic heterocycles. The molecule has 12 nitrogen and oxygen atoms in total. The van der Waals surface area contributed by atoms with Crippen molar-refractivity contribution in [2.24, 2.45) is 23.3 Å². The first-order chi connectivity index (χ1) is 42.7. The van der Waals surface area contributed by atoms with Crippen molar-refractivity contribution in [2.75, 3.05) is 106 Å². The molecule has 2 saturated carbocycles. The van der Waals surface area contributed by atoms with Gasteiger partial charge in [-0.2, -0.15) is 0 Å². The zero-order valence-electron chi connectivity index (χ0n) is 54.0. The molecule has 4 aromatic rings. The van der Waals surface area contributed by atoms with E-state index in [1.165, 1.54) is 52.9 Å². The summed E-state index contributed by atoms with van der Waals surface area (Å²) in [5, 5.41) is 0. The molecule has 88 heavy (non-hydrogen) atoms. The summed E-state index contributed by atoms with van der Waals surface area (Å²) in [5.41, 5.74) is 18.5. The third-order valence-electron chi connectivity index (χ3n) is 21.3. The molecule has 10 rings (SSSR count). The highest BCUT2D eigenvalue weighted by atomic mass is 19.3. The molecule has 4 aliphatic carbocycles. The van der Waals surface area contributed by atoms with Gasteiger partial charge < -0.3 is 21.3 Å². The summed E-state index contributed by atoms with van der Waals surface area (Å²) >= 11 is 0. The second-order valence-electron chi connectivity index (χ2n) is 27.7. The number of halogens is 3. The van der Waals surface area contributed by atoms with Crippen molar-refractivity contribution in [2.45, 2.75) is 196 Å². The van der Waals surface area contributed by atoms with E-state index in [1.807, 2.05) is 30.6 Å². The van der Waals surface area contributed by atoms with E-state index < -0.39 is 11.6 Å². The molecule has 4 heterocycles. The van der Waals surface area contributed by atoms with Gasteiger partial charge in [-0.05, 0) is 222 Å². The number of aryl methyl sites for hydroxylation is 2. The van der Waals surface area contributed by atoms with Crippen LogP contribution in [0.25, 0.3) is 0 Å². The molecule has 2 aromatic heterocycles. The number of carbonyl (C=O) groups is 2. The maximum atomic E-state index is 14.4. The average Bonchev–Trinajstić information content (AvgIpc) is 3.35. The Balaban J connectivity index is 0.000000209. The van der Waals surface area contributed by atoms with Gasteiger partial charge in [0.15, 0.2) is 0 Å². The van der Waals surface area contributed by atoms with Crippen LogP contribution in [-0.2, 0) is 22.4 Å². The Morgan fingerprint density at radius 1 is 0.568 bits per heavy atom. The minimum Gasteiger partial charge on any atom is -0.330 e. The summed E-state index contributed by atoms with van der Waals surface area (Å²) in [7, 11) is 4.54. The highest BCUT2D eigenvalue weighted by Gasteiger charge is 2.40. The van der Waals surface area contributed by atoms with Gasteiger partial charge in [0, 0.05) is 114 Å². The number of fused-ring (bicyclic) bond motifs is 2. The molecule has 2 aromatic carbocycles. The van der Waals surface area contributed by atoms with E-state index in [2.05, 4.69) is 110 Å². The SMILES string of the molecule is CN1CCN(CC[C@@H](CC(=O)C2CCC(C)(F)CC2)c2ccccc2)C[C@H]1CN(CCCCN)C1CCCc2cccnc21.CN1CCN(CC[C@@H](CC(=O)C2CCC(F)(F)CC2)c2ccccc2)C[C@@H]1CN(CCCCN)C1CCCc2cccnc21. The van der Waals surface area contributed by atoms with Crippen LogP contribution in [0.1, 0.15) is 193 Å². The standard InChI is InChI=1S/C37H56FN5O.C36H53F2N5O/c1-37(38)18-15-30(16-19-37)35(44)26-32(29-10-4-3-5-11-29)17-23-42-25-24-41(2)33(27-42)28-43(22-7-6-20-39)34-14-8-12-31-13-9-21-40-36(31)34;1-41-23-24-42(22-16-31(28-9-3-2-4-10-28)25-34(44)29-14-17-36(37,38)18-15-29)26-32(41)27-43(21-6-5-19-39)33-13-7-11-30-12-8-20-40-35(30)33/h3-5,9-11,13,21,30,32-34H,6-8,12,14-20,22-28,39H2,1-2H3;2-4,8-10,12,20,29,31-33H,5-7,11,13-19,21-27,39H2,1H3/t30?,32-,33-,34?,37?;31-,32+,33?/m00/s1. The van der Waals surface area contributed by atoms with Crippen LogP contribution in [0.5, 0.6) is 0 Å². The van der Waals surface area contributed by atoms with Gasteiger partial charge in [0.25, 0.3) is 0 Å². The zero-order valence-corrected chi connectivity index (χ0v) is 54.0. The molecule has 15 heteroatoms. The lowest BCUT2D eigenvalue weighted by Gasteiger charge is -2.44. The van der Waals surface area contributed by atoms with Crippen LogP contribution < -0.4 is 11.5 Å². The van der Waals surface area contributed by atoms with Crippen molar-refractivity contribution >= 4 is 11.6 Å². The summed E-state index contributed by atoms with van der Waals surface area (Å²) in [6.07, 6.45) is 20.8. The number of piperazine rings is 2. The fraction of sp³-hybridized carbons (Fsp3) is 0.671. The molecule has 4 N–H and O–H groups in total. The van der Waals surface area contributed by atoms with Gasteiger partial charge in [-0.15, -0.1) is 0 Å². The number of rotatable bonds is 28. The van der Waals surface area contributed by atoms with Crippen LogP contribution in [0.3, 0.4) is 0 Å². The minimum absolute atomic E-state index is 0.0164. The number of carbonyl (C=O) groups excluding carboxylic acids is 2. The Hall–Kier alpha value is -4.45. The molecule has 4 fully saturated rings. The molecular weight excluding hydrogens is 1110 g/mol. The third kappa shape index (κ3) is 19.8. The van der Waals surface area contributed by atoms with Crippen molar-refractivity contribution in [3.05, 3.63) is 131 Å². The number of nitrogens with zero attached hydrogens (tertiary/aromatic N) is 8. The Morgan fingerprint density at radius 2 is 0.989 bits per heavy atom. The normalized spacial score (nSPS) is 25.5. The molecule has 0 amide bonds. The summed E-state index contributed by atoms with van der Waals surface area (Å²) in [6, 6.07) is 31.2. The number of ketones is 2. The molecule has 0 bridgehead atoms. The first-order valence-corrected chi connectivity index (χ1v) is 34.5. The van der Waals surface area contributed by atoms with E-state index in [-0.39, 0.29) is 42.3 Å². The number of pyridine rings is 2. The van der Waals surface area contributed by atoms with Crippen LogP contribution in [0.2, 0.25) is 0 Å². The largest absolute Gasteiger partial charge is 0.330 e. The number of benzene rings is 2. The molecule has 0 radical (unpaired) electrons. The molecule has 0 spiro atoms. The number of aromatic nitrogens is 2. The number of hydrogen-bond donors (Lipinski definition) is 2. The van der Waals surface area contributed by atoms with Crippen LogP contribution in [0.15, 0.2) is 97.3 Å². The number of Topliss-reactive ketones (excluding diaryl/α,β-unsaturated/α-hetero) is 2. The predicted molar refractivity (Wildman–Crippen MR) is 350 cm³/mol. The monoisotopic (exact) mass is 1210 g/mol. The summed E-state index contributed by atoms with van der Waals surface area (Å²) in [4.78, 5) is 52.2. The quantitative estimate of drug-likeness (QED) is 0.0525. The van der Waals surface area contributed by atoms with Gasteiger partial charge in [-0.3, -0.25) is 39.2 Å². The lowest BCUT2D eigenvalue weighted by Crippen LogP contribution is -2.56. The van der Waals surface area contributed by atoms with Crippen molar-refractivity contribution in [1.29, 1.82) is 0 Å². The van der Waals surface area contributed by atoms with Gasteiger partial charge in [-0.1, -0.05) is 72.8 Å². The number of hydrogen-bond acceptors (Lipinski definition) is 12. The Bertz CT molecular complexity index is 2520. The van der Waals surface area contributed by atoms with Crippen LogP contribution in [0, 0.1) is 11.8 Å². The lowest BCUT2D eigenvalue weighted by atomic mass is 9.76. The number of unbranched alkanes of at least 4 members (excludes halogenated alkanes) is 2. The lowest BCUT2D eigenvalue weighted by molar-refractivity contribution is -0.127. The average molecular weight is 1220 g/mol. The van der Waals surface area contributed by atoms with Gasteiger partial charge >= 0.3 is 0 Å². The smallest absolute Gasteiger partial charge is 0.248 e. The molecule has 2 unspecified atom stereocenters. The first-order valence-electron chi connectivity index (χ1n) is 34.5. The first kappa shape index (κ1) is 67.9. The minimum atomic E-state index is -2.61. The van der Waals surface area contributed by atoms with Crippen molar-refractivity contribution in [1.82, 2.24) is 39.4 Å². The highest BCUT2D eigenvalue weighted by Crippen LogP contribution is 2.41. The van der Waals surface area contributed by atoms with Gasteiger partial charge in [-0.25, -0.2) is 13.2 Å². The van der Waals surface area contributed by atoms with Crippen LogP contribution in [-0.4, -0.2) is 180 Å². The number of nitrogens with two attached hydrogens (primary N) is 2. The van der Waals surface area contributed by atoms with Crippen molar-refractivity contribution in [3.63, 3.8) is 0 Å². The Morgan fingerprint density at radius 3 is 1.41 bits per heavy atom. The maximum absolute atomic E-state index is 14.4. The van der Waals surface area contributed by atoms with Gasteiger partial charge in [0.05, 0.1) is 23.5 Å². The molecule has 6 aliphatic rings. The second kappa shape index (κ2) is 33.7. The van der Waals surface area contributed by atoms with Crippen molar-refractivity contribution < 1.29 is 22.8 Å². The molecule has 2 saturated heterocycles. The molecule has 6 atom stereocenters. The third-order valence-corrected chi connectivity index (χ3v) is 21.3. The van der Waals surface area contributed by atoms with E-state index in [0.717, 1.165) is 149 Å². The topological polar surface area (TPSA) is 131 Å². The molecular formula is C73H109F3N10O2. The van der Waals surface area contributed by atoms with Gasteiger partial charge in [0.1, 0.15) is 17.2 Å². The summed E-state index contributed by atoms with van der Waals surface area (Å²) in [6.45, 7) is 15.4.